The van der Waals surface area contributed by atoms with Gasteiger partial charge in [-0.25, -0.2) is 9.97 Å². The minimum absolute atomic E-state index is 0.0507. The van der Waals surface area contributed by atoms with Crippen molar-refractivity contribution in [1.82, 2.24) is 9.97 Å². The highest BCUT2D eigenvalue weighted by molar-refractivity contribution is 6.29. The van der Waals surface area contributed by atoms with Crippen LogP contribution < -0.4 is 4.90 Å². The molecule has 1 aromatic rings. The van der Waals surface area contributed by atoms with Crippen LogP contribution >= 0.6 is 11.6 Å². The molecule has 1 fully saturated rings. The van der Waals surface area contributed by atoms with E-state index in [4.69, 9.17) is 11.6 Å². The minimum atomic E-state index is -4.81. The highest BCUT2D eigenvalue weighted by Crippen LogP contribution is 2.35. The molecule has 0 N–H and O–H groups in total. The molecule has 0 aromatic carbocycles. The van der Waals surface area contributed by atoms with Gasteiger partial charge in [-0.3, -0.25) is 0 Å². The molecular formula is C11H10ClF6N3. The van der Waals surface area contributed by atoms with Gasteiger partial charge < -0.3 is 4.90 Å². The zero-order chi connectivity index (χ0) is 15.8. The van der Waals surface area contributed by atoms with Gasteiger partial charge in [0.2, 0.25) is 5.82 Å². The van der Waals surface area contributed by atoms with Crippen LogP contribution in [0.4, 0.5) is 32.2 Å². The average Bonchev–Trinajstić information content (AvgIpc) is 2.36. The fraction of sp³-hybridized carbons (Fsp3) is 0.636. The molecule has 1 saturated heterocycles. The lowest BCUT2D eigenvalue weighted by Gasteiger charge is -2.34. The molecule has 1 unspecified atom stereocenters. The Kier molecular flexibility index (Phi) is 4.23. The number of piperidine rings is 1. The molecule has 10 heteroatoms. The third-order valence-corrected chi connectivity index (χ3v) is 3.34. The van der Waals surface area contributed by atoms with E-state index >= 15 is 0 Å². The van der Waals surface area contributed by atoms with E-state index in [1.54, 1.807) is 0 Å². The molecule has 1 atom stereocenters. The summed E-state index contributed by atoms with van der Waals surface area (Å²) in [5, 5.41) is -0.457. The molecule has 2 heterocycles. The maximum absolute atomic E-state index is 12.7. The normalized spacial score (nSPS) is 20.7. The van der Waals surface area contributed by atoms with E-state index in [-0.39, 0.29) is 25.2 Å². The molecule has 0 spiro atoms. The van der Waals surface area contributed by atoms with E-state index in [2.05, 4.69) is 9.97 Å². The van der Waals surface area contributed by atoms with Crippen molar-refractivity contribution in [2.24, 2.45) is 5.92 Å². The average molecular weight is 334 g/mol. The van der Waals surface area contributed by atoms with Crippen molar-refractivity contribution in [3.8, 4) is 0 Å². The van der Waals surface area contributed by atoms with Crippen LogP contribution in [0.5, 0.6) is 0 Å². The first-order valence-electron chi connectivity index (χ1n) is 6.01. The number of aromatic nitrogens is 2. The highest BCUT2D eigenvalue weighted by atomic mass is 35.5. The summed E-state index contributed by atoms with van der Waals surface area (Å²) < 4.78 is 75.9. The number of nitrogens with zero attached hydrogens (tertiary/aromatic N) is 3. The lowest BCUT2D eigenvalue weighted by molar-refractivity contribution is -0.176. The largest absolute Gasteiger partial charge is 0.451 e. The van der Waals surface area contributed by atoms with Crippen LogP contribution in [0, 0.1) is 5.92 Å². The Morgan fingerprint density at radius 3 is 2.38 bits per heavy atom. The SMILES string of the molecule is FC(F)(F)c1nc(Cl)cc(N2CCCC(C(F)(F)F)C2)n1. The molecule has 0 radical (unpaired) electrons. The third-order valence-electron chi connectivity index (χ3n) is 3.14. The van der Waals surface area contributed by atoms with Crippen molar-refractivity contribution < 1.29 is 26.3 Å². The van der Waals surface area contributed by atoms with E-state index in [1.165, 1.54) is 0 Å². The summed E-state index contributed by atoms with van der Waals surface area (Å²) in [6.45, 7) is -0.245. The molecule has 1 aliphatic rings. The first kappa shape index (κ1) is 16.1. The number of alkyl halides is 6. The summed E-state index contributed by atoms with van der Waals surface area (Å²) in [4.78, 5) is 7.49. The first-order chi connectivity index (χ1) is 9.57. The Bertz CT molecular complexity index is 516. The Balaban J connectivity index is 2.27. The Labute approximate surface area is 120 Å². The molecule has 118 valence electrons. The molecule has 0 saturated carbocycles. The second-order valence-corrected chi connectivity index (χ2v) is 5.08. The fourth-order valence-electron chi connectivity index (χ4n) is 2.15. The van der Waals surface area contributed by atoms with Gasteiger partial charge in [0.15, 0.2) is 0 Å². The number of hydrogen-bond donors (Lipinski definition) is 0. The van der Waals surface area contributed by atoms with Gasteiger partial charge in [-0.1, -0.05) is 11.6 Å². The summed E-state index contributed by atoms with van der Waals surface area (Å²) in [6.07, 6.45) is -9.03. The Morgan fingerprint density at radius 2 is 1.81 bits per heavy atom. The molecular weight excluding hydrogens is 324 g/mol. The van der Waals surface area contributed by atoms with Crippen molar-refractivity contribution in [2.45, 2.75) is 25.2 Å². The van der Waals surface area contributed by atoms with Gasteiger partial charge in [-0.05, 0) is 12.8 Å². The molecule has 0 aliphatic carbocycles. The molecule has 0 bridgehead atoms. The van der Waals surface area contributed by atoms with Crippen LogP contribution in [0.3, 0.4) is 0 Å². The fourth-order valence-corrected chi connectivity index (χ4v) is 2.32. The van der Waals surface area contributed by atoms with Crippen molar-refractivity contribution in [2.75, 3.05) is 18.0 Å². The minimum Gasteiger partial charge on any atom is -0.356 e. The molecule has 0 amide bonds. The van der Waals surface area contributed by atoms with Gasteiger partial charge in [-0.2, -0.15) is 26.3 Å². The summed E-state index contributed by atoms with van der Waals surface area (Å²) in [5.41, 5.74) is 0. The zero-order valence-corrected chi connectivity index (χ0v) is 11.2. The summed E-state index contributed by atoms with van der Waals surface area (Å²) in [7, 11) is 0. The summed E-state index contributed by atoms with van der Waals surface area (Å²) in [5.74, 6) is -3.29. The topological polar surface area (TPSA) is 29.0 Å². The summed E-state index contributed by atoms with van der Waals surface area (Å²) in [6, 6.07) is 1.04. The first-order valence-corrected chi connectivity index (χ1v) is 6.38. The van der Waals surface area contributed by atoms with Gasteiger partial charge in [0.25, 0.3) is 0 Å². The van der Waals surface area contributed by atoms with Gasteiger partial charge in [-0.15, -0.1) is 0 Å². The van der Waals surface area contributed by atoms with Gasteiger partial charge in [0, 0.05) is 19.2 Å². The maximum Gasteiger partial charge on any atom is 0.451 e. The van der Waals surface area contributed by atoms with E-state index in [0.29, 0.717) is 0 Å². The second kappa shape index (κ2) is 5.51. The molecule has 21 heavy (non-hydrogen) atoms. The summed E-state index contributed by atoms with van der Waals surface area (Å²) >= 11 is 5.50. The Morgan fingerprint density at radius 1 is 1.14 bits per heavy atom. The quantitative estimate of drug-likeness (QED) is 0.576. The van der Waals surface area contributed by atoms with Crippen LogP contribution in [-0.2, 0) is 6.18 Å². The highest BCUT2D eigenvalue weighted by Gasteiger charge is 2.42. The smallest absolute Gasteiger partial charge is 0.356 e. The molecule has 3 nitrogen and oxygen atoms in total. The number of hydrogen-bond acceptors (Lipinski definition) is 3. The van der Waals surface area contributed by atoms with Crippen LogP contribution in [0.25, 0.3) is 0 Å². The maximum atomic E-state index is 12.7. The zero-order valence-electron chi connectivity index (χ0n) is 10.5. The monoisotopic (exact) mass is 333 g/mol. The molecule has 2 rings (SSSR count). The predicted molar refractivity (Wildman–Crippen MR) is 63.0 cm³/mol. The van der Waals surface area contributed by atoms with E-state index in [1.807, 2.05) is 0 Å². The standard InChI is InChI=1S/C11H10ClF6N3/c12-7-4-8(20-9(19-7)11(16,17)18)21-3-1-2-6(5-21)10(13,14)15/h4,6H,1-3,5H2. The molecule has 1 aliphatic heterocycles. The third kappa shape index (κ3) is 3.90. The van der Waals surface area contributed by atoms with Crippen molar-refractivity contribution >= 4 is 17.4 Å². The van der Waals surface area contributed by atoms with Crippen LogP contribution in [0.1, 0.15) is 18.7 Å². The number of halogens is 7. The predicted octanol–water partition coefficient (Wildman–Crippen LogP) is 3.93. The Hall–Kier alpha value is -1.25. The number of rotatable bonds is 1. The second-order valence-electron chi connectivity index (χ2n) is 4.70. The van der Waals surface area contributed by atoms with Crippen molar-refractivity contribution in [3.63, 3.8) is 0 Å². The van der Waals surface area contributed by atoms with Crippen LogP contribution in [-0.4, -0.2) is 29.2 Å². The van der Waals surface area contributed by atoms with E-state index < -0.39 is 35.8 Å². The van der Waals surface area contributed by atoms with Crippen molar-refractivity contribution in [1.29, 1.82) is 0 Å². The van der Waals surface area contributed by atoms with Crippen LogP contribution in [0.15, 0.2) is 6.07 Å². The van der Waals surface area contributed by atoms with E-state index in [9.17, 15) is 26.3 Å². The van der Waals surface area contributed by atoms with E-state index in [0.717, 1.165) is 11.0 Å². The van der Waals surface area contributed by atoms with Gasteiger partial charge >= 0.3 is 12.4 Å². The molecule has 1 aromatic heterocycles. The van der Waals surface area contributed by atoms with Gasteiger partial charge in [0.05, 0.1) is 5.92 Å². The van der Waals surface area contributed by atoms with Crippen LogP contribution in [0.2, 0.25) is 5.15 Å². The van der Waals surface area contributed by atoms with Crippen molar-refractivity contribution in [3.05, 3.63) is 17.0 Å². The number of anilines is 1. The lowest BCUT2D eigenvalue weighted by Crippen LogP contribution is -2.42. The van der Waals surface area contributed by atoms with Gasteiger partial charge in [0.1, 0.15) is 11.0 Å². The lowest BCUT2D eigenvalue weighted by atomic mass is 9.97.